The molecule has 2 heterocycles. The van der Waals surface area contributed by atoms with Gasteiger partial charge in [0.25, 0.3) is 5.89 Å². The summed E-state index contributed by atoms with van der Waals surface area (Å²) in [5.41, 5.74) is 0.730. The number of rotatable bonds is 4. The lowest BCUT2D eigenvalue weighted by Crippen LogP contribution is -2.11. The van der Waals surface area contributed by atoms with Gasteiger partial charge >= 0.3 is 0 Å². The van der Waals surface area contributed by atoms with E-state index in [1.165, 1.54) is 0 Å². The molecule has 0 spiro atoms. The molecule has 0 fully saturated rings. The first-order chi connectivity index (χ1) is 9.38. The van der Waals surface area contributed by atoms with Gasteiger partial charge in [-0.3, -0.25) is 4.98 Å². The van der Waals surface area contributed by atoms with Crippen molar-refractivity contribution < 1.29 is 4.42 Å². The highest BCUT2D eigenvalue weighted by atomic mass is 16.4. The molecular formula is C14H14N4O. The quantitative estimate of drug-likeness (QED) is 0.774. The summed E-state index contributed by atoms with van der Waals surface area (Å²) in [5.74, 6) is 1.04. The van der Waals surface area contributed by atoms with E-state index < -0.39 is 0 Å². The number of nitrogens with zero attached hydrogens (tertiary/aromatic N) is 3. The van der Waals surface area contributed by atoms with Crippen molar-refractivity contribution in [1.29, 1.82) is 0 Å². The Hall–Kier alpha value is -2.27. The maximum Gasteiger partial charge on any atom is 0.266 e. The van der Waals surface area contributed by atoms with Gasteiger partial charge in [0.1, 0.15) is 5.69 Å². The average molecular weight is 254 g/mol. The molecule has 0 saturated carbocycles. The summed E-state index contributed by atoms with van der Waals surface area (Å²) in [6.45, 7) is 3.47. The van der Waals surface area contributed by atoms with Crippen molar-refractivity contribution in [2.45, 2.75) is 13.5 Å². The minimum absolute atomic E-state index is 0.463. The lowest BCUT2D eigenvalue weighted by molar-refractivity contribution is 0.481. The van der Waals surface area contributed by atoms with E-state index in [9.17, 15) is 0 Å². The van der Waals surface area contributed by atoms with Crippen molar-refractivity contribution in [1.82, 2.24) is 20.5 Å². The Labute approximate surface area is 110 Å². The van der Waals surface area contributed by atoms with Gasteiger partial charge in [-0.1, -0.05) is 31.2 Å². The van der Waals surface area contributed by atoms with Gasteiger partial charge in [-0.05, 0) is 18.0 Å². The number of hydrogen-bond donors (Lipinski definition) is 1. The SMILES string of the molecule is CCNCc1nnc(-c2nccc3ccccc23)o1. The van der Waals surface area contributed by atoms with Crippen LogP contribution in [0.2, 0.25) is 0 Å². The summed E-state index contributed by atoms with van der Waals surface area (Å²) in [6.07, 6.45) is 1.76. The second kappa shape index (κ2) is 5.16. The van der Waals surface area contributed by atoms with Crippen molar-refractivity contribution in [3.63, 3.8) is 0 Å². The van der Waals surface area contributed by atoms with Crippen LogP contribution in [0.4, 0.5) is 0 Å². The number of hydrogen-bond acceptors (Lipinski definition) is 5. The van der Waals surface area contributed by atoms with Gasteiger partial charge in [0.15, 0.2) is 0 Å². The van der Waals surface area contributed by atoms with Crippen LogP contribution in [0.3, 0.4) is 0 Å². The topological polar surface area (TPSA) is 63.8 Å². The Balaban J connectivity index is 2.02. The molecular weight excluding hydrogens is 240 g/mol. The first kappa shape index (κ1) is 11.8. The highest BCUT2D eigenvalue weighted by molar-refractivity contribution is 5.92. The summed E-state index contributed by atoms with van der Waals surface area (Å²) in [4.78, 5) is 4.35. The predicted molar refractivity (Wildman–Crippen MR) is 72.4 cm³/mol. The number of fused-ring (bicyclic) bond motifs is 1. The van der Waals surface area contributed by atoms with Crippen molar-refractivity contribution in [2.75, 3.05) is 6.54 Å². The van der Waals surface area contributed by atoms with Gasteiger partial charge in [-0.15, -0.1) is 10.2 Å². The molecule has 0 radical (unpaired) electrons. The molecule has 1 N–H and O–H groups in total. The van der Waals surface area contributed by atoms with Gasteiger partial charge in [0.2, 0.25) is 5.89 Å². The molecule has 3 rings (SSSR count). The number of aromatic nitrogens is 3. The lowest BCUT2D eigenvalue weighted by atomic mass is 10.1. The maximum atomic E-state index is 5.63. The molecule has 0 saturated heterocycles. The molecule has 0 aliphatic rings. The first-order valence-corrected chi connectivity index (χ1v) is 6.25. The van der Waals surface area contributed by atoms with Crippen LogP contribution in [0, 0.1) is 0 Å². The van der Waals surface area contributed by atoms with Crippen molar-refractivity contribution >= 4 is 10.8 Å². The molecule has 3 aromatic rings. The monoisotopic (exact) mass is 254 g/mol. The van der Waals surface area contributed by atoms with Crippen molar-refractivity contribution in [3.05, 3.63) is 42.4 Å². The molecule has 96 valence electrons. The molecule has 0 atom stereocenters. The minimum Gasteiger partial charge on any atom is -0.418 e. The van der Waals surface area contributed by atoms with Gasteiger partial charge in [-0.25, -0.2) is 0 Å². The third-order valence-electron chi connectivity index (χ3n) is 2.87. The molecule has 0 aliphatic heterocycles. The van der Waals surface area contributed by atoms with E-state index in [-0.39, 0.29) is 0 Å². The second-order valence-electron chi connectivity index (χ2n) is 4.16. The van der Waals surface area contributed by atoms with Gasteiger partial charge in [0, 0.05) is 11.6 Å². The summed E-state index contributed by atoms with van der Waals surface area (Å²) in [5, 5.41) is 13.4. The summed E-state index contributed by atoms with van der Waals surface area (Å²) in [6, 6.07) is 9.98. The fraction of sp³-hybridized carbons (Fsp3) is 0.214. The van der Waals surface area contributed by atoms with Crippen LogP contribution in [0.5, 0.6) is 0 Å². The lowest BCUT2D eigenvalue weighted by Gasteiger charge is -2.00. The summed E-state index contributed by atoms with van der Waals surface area (Å²) >= 11 is 0. The molecule has 0 bridgehead atoms. The van der Waals surface area contributed by atoms with E-state index in [0.29, 0.717) is 18.3 Å². The largest absolute Gasteiger partial charge is 0.418 e. The molecule has 5 heteroatoms. The van der Waals surface area contributed by atoms with Crippen LogP contribution in [0.25, 0.3) is 22.4 Å². The zero-order valence-corrected chi connectivity index (χ0v) is 10.6. The Morgan fingerprint density at radius 3 is 2.95 bits per heavy atom. The Morgan fingerprint density at radius 1 is 1.16 bits per heavy atom. The molecule has 0 amide bonds. The summed E-state index contributed by atoms with van der Waals surface area (Å²) < 4.78 is 5.63. The molecule has 0 aliphatic carbocycles. The van der Waals surface area contributed by atoms with Crippen LogP contribution < -0.4 is 5.32 Å². The third kappa shape index (κ3) is 2.32. The van der Waals surface area contributed by atoms with Crippen LogP contribution >= 0.6 is 0 Å². The zero-order valence-electron chi connectivity index (χ0n) is 10.6. The standard InChI is InChI=1S/C14H14N4O/c1-2-15-9-12-17-18-14(19-12)13-11-6-4-3-5-10(11)7-8-16-13/h3-8,15H,2,9H2,1H3. The van der Waals surface area contributed by atoms with Crippen LogP contribution in [0.1, 0.15) is 12.8 Å². The van der Waals surface area contributed by atoms with Crippen LogP contribution in [-0.2, 0) is 6.54 Å². The van der Waals surface area contributed by atoms with Crippen LogP contribution in [-0.4, -0.2) is 21.7 Å². The summed E-state index contributed by atoms with van der Waals surface area (Å²) in [7, 11) is 0. The fourth-order valence-corrected chi connectivity index (χ4v) is 1.94. The van der Waals surface area contributed by atoms with Gasteiger partial charge in [-0.2, -0.15) is 0 Å². The van der Waals surface area contributed by atoms with Gasteiger partial charge in [0.05, 0.1) is 6.54 Å². The zero-order chi connectivity index (χ0) is 13.1. The van der Waals surface area contributed by atoms with E-state index in [1.54, 1.807) is 6.20 Å². The Bertz CT molecular complexity index is 687. The minimum atomic E-state index is 0.463. The van der Waals surface area contributed by atoms with E-state index in [1.807, 2.05) is 37.3 Å². The Kier molecular flexibility index (Phi) is 3.20. The first-order valence-electron chi connectivity index (χ1n) is 6.25. The van der Waals surface area contributed by atoms with Crippen molar-refractivity contribution in [2.24, 2.45) is 0 Å². The number of benzene rings is 1. The van der Waals surface area contributed by atoms with Crippen LogP contribution in [0.15, 0.2) is 40.9 Å². The van der Waals surface area contributed by atoms with E-state index in [0.717, 1.165) is 23.0 Å². The van der Waals surface area contributed by atoms with Crippen molar-refractivity contribution in [3.8, 4) is 11.6 Å². The molecule has 19 heavy (non-hydrogen) atoms. The number of pyridine rings is 1. The van der Waals surface area contributed by atoms with Gasteiger partial charge < -0.3 is 9.73 Å². The Morgan fingerprint density at radius 2 is 2.05 bits per heavy atom. The molecule has 2 aromatic heterocycles. The van der Waals surface area contributed by atoms with E-state index >= 15 is 0 Å². The second-order valence-corrected chi connectivity index (χ2v) is 4.16. The predicted octanol–water partition coefficient (Wildman–Crippen LogP) is 2.39. The highest BCUT2D eigenvalue weighted by Crippen LogP contribution is 2.24. The third-order valence-corrected chi connectivity index (χ3v) is 2.87. The smallest absolute Gasteiger partial charge is 0.266 e. The normalized spacial score (nSPS) is 11.0. The molecule has 5 nitrogen and oxygen atoms in total. The molecule has 1 aromatic carbocycles. The molecule has 0 unspecified atom stereocenters. The number of nitrogens with one attached hydrogen (secondary N) is 1. The average Bonchev–Trinajstić information content (AvgIpc) is 2.93. The highest BCUT2D eigenvalue weighted by Gasteiger charge is 2.12. The van der Waals surface area contributed by atoms with E-state index in [4.69, 9.17) is 4.42 Å². The maximum absolute atomic E-state index is 5.63. The fourth-order valence-electron chi connectivity index (χ4n) is 1.94. The van der Waals surface area contributed by atoms with E-state index in [2.05, 4.69) is 20.5 Å².